The van der Waals surface area contributed by atoms with Crippen molar-refractivity contribution >= 4 is 16.6 Å². The van der Waals surface area contributed by atoms with Gasteiger partial charge in [0.15, 0.2) is 5.65 Å². The average Bonchev–Trinajstić information content (AvgIpc) is 3.03. The van der Waals surface area contributed by atoms with Gasteiger partial charge < -0.3 is 14.1 Å². The van der Waals surface area contributed by atoms with E-state index in [1.807, 2.05) is 55.9 Å². The highest BCUT2D eigenvalue weighted by atomic mass is 16.4. The Kier molecular flexibility index (Phi) is 4.05. The molecular weight excluding hydrogens is 328 g/mol. The Hall–Kier alpha value is -2.99. The molecular formula is C20H20N4O2. The SMILES string of the molecule is CNCCc1ccc2cc(-c3cn4cc(C)nc(C)c4n3)c(=O)oc2c1. The van der Waals surface area contributed by atoms with Crippen LogP contribution in [0.5, 0.6) is 0 Å². The zero-order valence-corrected chi connectivity index (χ0v) is 15.0. The van der Waals surface area contributed by atoms with E-state index in [-0.39, 0.29) is 5.63 Å². The molecule has 4 rings (SSSR count). The van der Waals surface area contributed by atoms with Gasteiger partial charge in [0.2, 0.25) is 0 Å². The Labute approximate surface area is 150 Å². The molecule has 0 spiro atoms. The second-order valence-electron chi connectivity index (χ2n) is 6.50. The van der Waals surface area contributed by atoms with Crippen molar-refractivity contribution in [1.82, 2.24) is 19.7 Å². The molecule has 6 nitrogen and oxygen atoms in total. The van der Waals surface area contributed by atoms with Crippen LogP contribution in [0.1, 0.15) is 17.0 Å². The monoisotopic (exact) mass is 348 g/mol. The van der Waals surface area contributed by atoms with Gasteiger partial charge in [0.05, 0.1) is 22.6 Å². The minimum Gasteiger partial charge on any atom is -0.422 e. The number of imidazole rings is 1. The van der Waals surface area contributed by atoms with Crippen LogP contribution >= 0.6 is 0 Å². The van der Waals surface area contributed by atoms with E-state index in [1.54, 1.807) is 0 Å². The molecule has 1 aromatic carbocycles. The highest BCUT2D eigenvalue weighted by Gasteiger charge is 2.13. The number of nitrogens with zero attached hydrogens (tertiary/aromatic N) is 3. The molecule has 6 heteroatoms. The van der Waals surface area contributed by atoms with E-state index in [1.165, 1.54) is 0 Å². The molecule has 1 N–H and O–H groups in total. The quantitative estimate of drug-likeness (QED) is 0.574. The Balaban J connectivity index is 1.83. The number of aryl methyl sites for hydroxylation is 2. The maximum Gasteiger partial charge on any atom is 0.345 e. The summed E-state index contributed by atoms with van der Waals surface area (Å²) in [7, 11) is 1.92. The van der Waals surface area contributed by atoms with Gasteiger partial charge in [0.1, 0.15) is 5.58 Å². The summed E-state index contributed by atoms with van der Waals surface area (Å²) in [6.45, 7) is 4.72. The van der Waals surface area contributed by atoms with Crippen LogP contribution in [0.25, 0.3) is 27.9 Å². The topological polar surface area (TPSA) is 72.4 Å². The summed E-state index contributed by atoms with van der Waals surface area (Å²) in [5, 5.41) is 4.00. The van der Waals surface area contributed by atoms with E-state index in [0.29, 0.717) is 16.8 Å². The summed E-state index contributed by atoms with van der Waals surface area (Å²) in [4.78, 5) is 21.6. The normalized spacial score (nSPS) is 11.5. The van der Waals surface area contributed by atoms with Crippen molar-refractivity contribution in [3.05, 3.63) is 64.0 Å². The van der Waals surface area contributed by atoms with Crippen molar-refractivity contribution in [2.45, 2.75) is 20.3 Å². The molecule has 0 aliphatic carbocycles. The van der Waals surface area contributed by atoms with Gasteiger partial charge >= 0.3 is 5.63 Å². The van der Waals surface area contributed by atoms with Gasteiger partial charge in [-0.15, -0.1) is 0 Å². The lowest BCUT2D eigenvalue weighted by Gasteiger charge is -2.04. The summed E-state index contributed by atoms with van der Waals surface area (Å²) >= 11 is 0. The van der Waals surface area contributed by atoms with Crippen LogP contribution in [0.4, 0.5) is 0 Å². The molecule has 0 bridgehead atoms. The molecule has 0 aliphatic rings. The number of fused-ring (bicyclic) bond motifs is 2. The number of benzene rings is 1. The van der Waals surface area contributed by atoms with Crippen LogP contribution < -0.4 is 10.9 Å². The summed E-state index contributed by atoms with van der Waals surface area (Å²) in [6.07, 6.45) is 4.63. The minimum atomic E-state index is -0.381. The van der Waals surface area contributed by atoms with Crippen LogP contribution in [0.3, 0.4) is 0 Å². The standard InChI is InChI=1S/C20H20N4O2/c1-12-10-24-11-17(23-19(24)13(2)22-12)16-9-15-5-4-14(6-7-21-3)8-18(15)26-20(16)25/h4-5,8-11,21H,6-7H2,1-3H3. The second kappa shape index (κ2) is 6.38. The third-order valence-corrected chi connectivity index (χ3v) is 4.47. The third kappa shape index (κ3) is 2.88. The fourth-order valence-corrected chi connectivity index (χ4v) is 3.19. The molecule has 0 unspecified atom stereocenters. The lowest BCUT2D eigenvalue weighted by Crippen LogP contribution is -2.10. The van der Waals surface area contributed by atoms with Crippen molar-refractivity contribution in [2.24, 2.45) is 0 Å². The van der Waals surface area contributed by atoms with Crippen molar-refractivity contribution in [3.63, 3.8) is 0 Å². The Morgan fingerprint density at radius 2 is 2.00 bits per heavy atom. The van der Waals surface area contributed by atoms with E-state index in [4.69, 9.17) is 4.42 Å². The van der Waals surface area contributed by atoms with Gasteiger partial charge in [-0.1, -0.05) is 12.1 Å². The zero-order chi connectivity index (χ0) is 18.3. The average molecular weight is 348 g/mol. The summed E-state index contributed by atoms with van der Waals surface area (Å²) in [6, 6.07) is 7.82. The van der Waals surface area contributed by atoms with Gasteiger partial charge in [0, 0.05) is 17.8 Å². The summed E-state index contributed by atoms with van der Waals surface area (Å²) < 4.78 is 7.48. The fraction of sp³-hybridized carbons (Fsp3) is 0.250. The lowest BCUT2D eigenvalue weighted by molar-refractivity contribution is 0.562. The smallest absolute Gasteiger partial charge is 0.345 e. The van der Waals surface area contributed by atoms with Gasteiger partial charge in [0.25, 0.3) is 0 Å². The van der Waals surface area contributed by atoms with Gasteiger partial charge in [-0.05, 0) is 51.6 Å². The number of likely N-dealkylation sites (N-methyl/N-ethyl adjacent to an activating group) is 1. The maximum atomic E-state index is 12.5. The second-order valence-corrected chi connectivity index (χ2v) is 6.50. The number of hydrogen-bond acceptors (Lipinski definition) is 5. The van der Waals surface area contributed by atoms with Crippen LogP contribution in [0, 0.1) is 13.8 Å². The molecule has 0 amide bonds. The molecule has 0 saturated carbocycles. The molecule has 0 atom stereocenters. The predicted octanol–water partition coefficient (Wildman–Crippen LogP) is 2.88. The van der Waals surface area contributed by atoms with Crippen molar-refractivity contribution in [2.75, 3.05) is 13.6 Å². The van der Waals surface area contributed by atoms with Gasteiger partial charge in [-0.2, -0.15) is 0 Å². The van der Waals surface area contributed by atoms with E-state index >= 15 is 0 Å². The molecule has 132 valence electrons. The molecule has 0 saturated heterocycles. The molecule has 0 radical (unpaired) electrons. The molecule has 26 heavy (non-hydrogen) atoms. The fourth-order valence-electron chi connectivity index (χ4n) is 3.19. The van der Waals surface area contributed by atoms with E-state index < -0.39 is 0 Å². The van der Waals surface area contributed by atoms with Crippen LogP contribution in [-0.4, -0.2) is 28.0 Å². The predicted molar refractivity (Wildman–Crippen MR) is 102 cm³/mol. The van der Waals surface area contributed by atoms with Crippen molar-refractivity contribution < 1.29 is 4.42 Å². The van der Waals surface area contributed by atoms with Crippen molar-refractivity contribution in [3.8, 4) is 11.3 Å². The summed E-state index contributed by atoms with van der Waals surface area (Å²) in [5.41, 5.74) is 4.88. The lowest BCUT2D eigenvalue weighted by atomic mass is 10.1. The van der Waals surface area contributed by atoms with Gasteiger partial charge in [-0.25, -0.2) is 9.78 Å². The van der Waals surface area contributed by atoms with Crippen LogP contribution in [0.15, 0.2) is 45.9 Å². The number of aromatic nitrogens is 3. The van der Waals surface area contributed by atoms with E-state index in [0.717, 1.165) is 41.0 Å². The van der Waals surface area contributed by atoms with Crippen molar-refractivity contribution in [1.29, 1.82) is 0 Å². The molecule has 0 fully saturated rings. The number of hydrogen-bond donors (Lipinski definition) is 1. The first-order valence-corrected chi connectivity index (χ1v) is 8.60. The number of nitrogens with one attached hydrogen (secondary N) is 1. The van der Waals surface area contributed by atoms with E-state index in [2.05, 4.69) is 21.4 Å². The molecule has 3 aromatic heterocycles. The first kappa shape index (κ1) is 16.5. The maximum absolute atomic E-state index is 12.5. The largest absolute Gasteiger partial charge is 0.422 e. The highest BCUT2D eigenvalue weighted by molar-refractivity contribution is 5.81. The van der Waals surface area contributed by atoms with E-state index in [9.17, 15) is 4.79 Å². The first-order valence-electron chi connectivity index (χ1n) is 8.60. The Bertz CT molecular complexity index is 1170. The number of rotatable bonds is 4. The molecule has 3 heterocycles. The molecule has 0 aliphatic heterocycles. The summed E-state index contributed by atoms with van der Waals surface area (Å²) in [5.74, 6) is 0. The van der Waals surface area contributed by atoms with Gasteiger partial charge in [-0.3, -0.25) is 4.98 Å². The third-order valence-electron chi connectivity index (χ3n) is 4.47. The van der Waals surface area contributed by atoms with Crippen LogP contribution in [-0.2, 0) is 6.42 Å². The van der Waals surface area contributed by atoms with Crippen LogP contribution in [0.2, 0.25) is 0 Å². The Morgan fingerprint density at radius 3 is 2.81 bits per heavy atom. The Morgan fingerprint density at radius 1 is 1.15 bits per heavy atom. The molecule has 4 aromatic rings. The highest BCUT2D eigenvalue weighted by Crippen LogP contribution is 2.23. The minimum absolute atomic E-state index is 0.381. The zero-order valence-electron chi connectivity index (χ0n) is 15.0. The first-order chi connectivity index (χ1) is 12.5.